The number of ether oxygens (including phenoxy) is 1. The smallest absolute Gasteiger partial charge is 0.345 e. The van der Waals surface area contributed by atoms with Crippen molar-refractivity contribution in [3.8, 4) is 0 Å². The number of carbonyl (C=O) groups excluding carboxylic acids is 1. The van der Waals surface area contributed by atoms with E-state index >= 15 is 0 Å². The first-order chi connectivity index (χ1) is 11.0. The zero-order chi connectivity index (χ0) is 16.8. The van der Waals surface area contributed by atoms with E-state index in [0.717, 1.165) is 17.4 Å². The number of nitrogens with one attached hydrogen (secondary N) is 2. The summed E-state index contributed by atoms with van der Waals surface area (Å²) in [4.78, 5) is 33.5. The molecule has 0 radical (unpaired) electrons. The van der Waals surface area contributed by atoms with Gasteiger partial charge in [-0.1, -0.05) is 17.7 Å². The molecule has 0 aliphatic heterocycles. The van der Waals surface area contributed by atoms with Crippen LogP contribution in [0.1, 0.15) is 22.8 Å². The molecule has 0 fully saturated rings. The molecule has 0 saturated carbocycles. The SMILES string of the molecule is CCOC(=O)c1cnc(/N=C(\N)Nc2ccc(C)cc2)[nH]c1=O. The first kappa shape index (κ1) is 16.2. The van der Waals surface area contributed by atoms with Crippen LogP contribution in [0.25, 0.3) is 0 Å². The second kappa shape index (κ2) is 7.21. The average Bonchev–Trinajstić information content (AvgIpc) is 2.50. The molecule has 2 rings (SSSR count). The Morgan fingerprint density at radius 3 is 2.70 bits per heavy atom. The largest absolute Gasteiger partial charge is 0.462 e. The number of esters is 1. The number of rotatable bonds is 4. The highest BCUT2D eigenvalue weighted by Crippen LogP contribution is 2.09. The fourth-order valence-electron chi connectivity index (χ4n) is 1.72. The number of hydrogen-bond acceptors (Lipinski definition) is 5. The van der Waals surface area contributed by atoms with Gasteiger partial charge in [0.1, 0.15) is 5.56 Å². The number of carbonyl (C=O) groups is 1. The standard InChI is InChI=1S/C15H17N5O3/c1-3-23-13(22)11-8-17-15(19-12(11)21)20-14(16)18-10-6-4-9(2)5-7-10/h4-8H,3H2,1-2H3,(H4,16,17,18,19,20,21). The van der Waals surface area contributed by atoms with E-state index in [-0.39, 0.29) is 24.1 Å². The van der Waals surface area contributed by atoms with E-state index in [1.54, 1.807) is 6.92 Å². The van der Waals surface area contributed by atoms with Crippen LogP contribution < -0.4 is 16.6 Å². The fraction of sp³-hybridized carbons (Fsp3) is 0.200. The summed E-state index contributed by atoms with van der Waals surface area (Å²) in [5.74, 6) is -0.691. The number of H-pyrrole nitrogens is 1. The summed E-state index contributed by atoms with van der Waals surface area (Å²) in [6, 6.07) is 7.53. The number of aliphatic imine (C=N–C) groups is 1. The van der Waals surface area contributed by atoms with Gasteiger partial charge >= 0.3 is 5.97 Å². The topological polar surface area (TPSA) is 122 Å². The molecular formula is C15H17N5O3. The fourth-order valence-corrected chi connectivity index (χ4v) is 1.72. The van der Waals surface area contributed by atoms with Crippen molar-refractivity contribution in [1.29, 1.82) is 0 Å². The normalized spacial score (nSPS) is 11.1. The molecule has 2 aromatic rings. The molecule has 8 heteroatoms. The van der Waals surface area contributed by atoms with Gasteiger partial charge in [0.15, 0.2) is 0 Å². The van der Waals surface area contributed by atoms with Gasteiger partial charge < -0.3 is 15.8 Å². The Morgan fingerprint density at radius 2 is 2.09 bits per heavy atom. The predicted molar refractivity (Wildman–Crippen MR) is 86.9 cm³/mol. The van der Waals surface area contributed by atoms with E-state index in [1.165, 1.54) is 0 Å². The van der Waals surface area contributed by atoms with Crippen LogP contribution in [-0.4, -0.2) is 28.5 Å². The van der Waals surface area contributed by atoms with Gasteiger partial charge in [0.05, 0.1) is 12.8 Å². The minimum Gasteiger partial charge on any atom is -0.462 e. The predicted octanol–water partition coefficient (Wildman–Crippen LogP) is 1.31. The third kappa shape index (κ3) is 4.40. The lowest BCUT2D eigenvalue weighted by molar-refractivity contribution is 0.0524. The highest BCUT2D eigenvalue weighted by Gasteiger charge is 2.12. The number of anilines is 1. The molecule has 0 aliphatic rings. The van der Waals surface area contributed by atoms with Gasteiger partial charge in [0.2, 0.25) is 11.9 Å². The highest BCUT2D eigenvalue weighted by molar-refractivity contribution is 5.93. The molecule has 4 N–H and O–H groups in total. The number of nitrogens with zero attached hydrogens (tertiary/aromatic N) is 2. The molecule has 0 spiro atoms. The van der Waals surface area contributed by atoms with Crippen LogP contribution in [0.4, 0.5) is 11.6 Å². The van der Waals surface area contributed by atoms with Crippen LogP contribution in [0, 0.1) is 6.92 Å². The van der Waals surface area contributed by atoms with E-state index < -0.39 is 11.5 Å². The van der Waals surface area contributed by atoms with Gasteiger partial charge in [-0.2, -0.15) is 4.99 Å². The Hall–Kier alpha value is -3.16. The number of nitrogens with two attached hydrogens (primary N) is 1. The Morgan fingerprint density at radius 1 is 1.39 bits per heavy atom. The zero-order valence-electron chi connectivity index (χ0n) is 12.8. The molecule has 1 aromatic heterocycles. The van der Waals surface area contributed by atoms with Gasteiger partial charge in [-0.25, -0.2) is 9.78 Å². The minimum absolute atomic E-state index is 0.0137. The molecule has 1 aromatic carbocycles. The highest BCUT2D eigenvalue weighted by atomic mass is 16.5. The van der Waals surface area contributed by atoms with Crippen molar-refractivity contribution in [1.82, 2.24) is 9.97 Å². The molecule has 120 valence electrons. The monoisotopic (exact) mass is 315 g/mol. The average molecular weight is 315 g/mol. The maximum atomic E-state index is 11.8. The molecule has 8 nitrogen and oxygen atoms in total. The molecule has 0 bridgehead atoms. The summed E-state index contributed by atoms with van der Waals surface area (Å²) in [5, 5.41) is 2.87. The van der Waals surface area contributed by atoms with Crippen LogP contribution >= 0.6 is 0 Å². The third-order valence-corrected chi connectivity index (χ3v) is 2.83. The van der Waals surface area contributed by atoms with Crippen LogP contribution in [0.3, 0.4) is 0 Å². The minimum atomic E-state index is -0.734. The third-order valence-electron chi connectivity index (χ3n) is 2.83. The quantitative estimate of drug-likeness (QED) is 0.444. The van der Waals surface area contributed by atoms with Crippen molar-refractivity contribution in [3.05, 3.63) is 51.9 Å². The van der Waals surface area contributed by atoms with Crippen LogP contribution in [0.5, 0.6) is 0 Å². The lowest BCUT2D eigenvalue weighted by atomic mass is 10.2. The van der Waals surface area contributed by atoms with Crippen molar-refractivity contribution in [3.63, 3.8) is 0 Å². The van der Waals surface area contributed by atoms with Crippen molar-refractivity contribution in [2.24, 2.45) is 10.7 Å². The van der Waals surface area contributed by atoms with Crippen LogP contribution in [-0.2, 0) is 4.74 Å². The molecular weight excluding hydrogens is 298 g/mol. The Kier molecular flexibility index (Phi) is 5.08. The number of aromatic amines is 1. The van der Waals surface area contributed by atoms with E-state index in [4.69, 9.17) is 10.5 Å². The second-order valence-electron chi connectivity index (χ2n) is 4.66. The lowest BCUT2D eigenvalue weighted by Gasteiger charge is -2.05. The molecule has 0 saturated heterocycles. The van der Waals surface area contributed by atoms with Gasteiger partial charge in [-0.05, 0) is 26.0 Å². The number of hydrogen-bond donors (Lipinski definition) is 3. The maximum Gasteiger partial charge on any atom is 0.345 e. The van der Waals surface area contributed by atoms with Crippen molar-refractivity contribution < 1.29 is 9.53 Å². The molecule has 0 amide bonds. The Bertz CT molecular complexity index is 780. The summed E-state index contributed by atoms with van der Waals surface area (Å²) in [7, 11) is 0. The van der Waals surface area contributed by atoms with E-state index in [2.05, 4.69) is 20.3 Å². The van der Waals surface area contributed by atoms with Gasteiger partial charge in [0, 0.05) is 5.69 Å². The zero-order valence-corrected chi connectivity index (χ0v) is 12.8. The van der Waals surface area contributed by atoms with Crippen LogP contribution in [0.15, 0.2) is 40.2 Å². The van der Waals surface area contributed by atoms with E-state index in [9.17, 15) is 9.59 Å². The van der Waals surface area contributed by atoms with Crippen molar-refractivity contribution in [2.75, 3.05) is 11.9 Å². The Labute approximate surface area is 132 Å². The maximum absolute atomic E-state index is 11.8. The molecule has 0 unspecified atom stereocenters. The van der Waals surface area contributed by atoms with Crippen LogP contribution in [0.2, 0.25) is 0 Å². The number of guanidine groups is 1. The summed E-state index contributed by atoms with van der Waals surface area (Å²) in [5.41, 5.74) is 6.80. The summed E-state index contributed by atoms with van der Waals surface area (Å²) in [6.07, 6.45) is 1.11. The Balaban J connectivity index is 2.15. The molecule has 23 heavy (non-hydrogen) atoms. The van der Waals surface area contributed by atoms with E-state index in [1.807, 2.05) is 31.2 Å². The molecule has 1 heterocycles. The lowest BCUT2D eigenvalue weighted by Crippen LogP contribution is -2.23. The molecule has 0 aliphatic carbocycles. The van der Waals surface area contributed by atoms with Gasteiger partial charge in [-0.15, -0.1) is 0 Å². The summed E-state index contributed by atoms with van der Waals surface area (Å²) < 4.78 is 4.75. The number of aryl methyl sites for hydroxylation is 1. The first-order valence-electron chi connectivity index (χ1n) is 6.94. The summed E-state index contributed by atoms with van der Waals surface area (Å²) in [6.45, 7) is 3.79. The second-order valence-corrected chi connectivity index (χ2v) is 4.66. The molecule has 0 atom stereocenters. The first-order valence-corrected chi connectivity index (χ1v) is 6.94. The number of benzene rings is 1. The van der Waals surface area contributed by atoms with Gasteiger partial charge in [0.25, 0.3) is 5.56 Å². The summed E-state index contributed by atoms with van der Waals surface area (Å²) >= 11 is 0. The number of aromatic nitrogens is 2. The van der Waals surface area contributed by atoms with Gasteiger partial charge in [-0.3, -0.25) is 9.78 Å². The van der Waals surface area contributed by atoms with Crippen molar-refractivity contribution >= 4 is 23.6 Å². The van der Waals surface area contributed by atoms with E-state index in [0.29, 0.717) is 0 Å². The van der Waals surface area contributed by atoms with Crippen molar-refractivity contribution in [2.45, 2.75) is 13.8 Å².